The molecule has 0 saturated heterocycles. The number of aromatic nitrogens is 1. The van der Waals surface area contributed by atoms with E-state index in [1.165, 1.54) is 0 Å². The predicted molar refractivity (Wildman–Crippen MR) is 76.2 cm³/mol. The average molecular weight is 260 g/mol. The van der Waals surface area contributed by atoms with Crippen LogP contribution in [-0.2, 0) is 11.3 Å². The van der Waals surface area contributed by atoms with E-state index in [9.17, 15) is 0 Å². The van der Waals surface area contributed by atoms with Gasteiger partial charge in [0.15, 0.2) is 0 Å². The number of rotatable bonds is 7. The molecule has 0 aliphatic heterocycles. The molecule has 4 heteroatoms. The van der Waals surface area contributed by atoms with E-state index >= 15 is 0 Å². The number of pyridine rings is 1. The lowest BCUT2D eigenvalue weighted by molar-refractivity contribution is 0.0996. The summed E-state index contributed by atoms with van der Waals surface area (Å²) in [5.41, 5.74) is 6.75. The number of nitrogens with two attached hydrogens (primary N) is 1. The molecule has 0 spiro atoms. The maximum absolute atomic E-state index is 5.72. The van der Waals surface area contributed by atoms with E-state index < -0.39 is 0 Å². The van der Waals surface area contributed by atoms with Crippen molar-refractivity contribution in [3.8, 4) is 5.88 Å². The van der Waals surface area contributed by atoms with Gasteiger partial charge < -0.3 is 15.2 Å². The number of ether oxygens (including phenoxy) is 2. The van der Waals surface area contributed by atoms with Crippen LogP contribution in [0.4, 0.5) is 0 Å². The van der Waals surface area contributed by atoms with Crippen molar-refractivity contribution >= 4 is 10.8 Å². The molecule has 2 N–H and O–H groups in total. The number of nitrogens with zero attached hydrogens (tertiary/aromatic N) is 1. The molecule has 4 nitrogen and oxygen atoms in total. The van der Waals surface area contributed by atoms with Gasteiger partial charge in [-0.3, -0.25) is 0 Å². The van der Waals surface area contributed by atoms with Gasteiger partial charge in [-0.1, -0.05) is 25.1 Å². The second-order valence-electron chi connectivity index (χ2n) is 4.30. The zero-order valence-corrected chi connectivity index (χ0v) is 11.3. The Labute approximate surface area is 113 Å². The normalized spacial score (nSPS) is 10.8. The molecular weight excluding hydrogens is 240 g/mol. The Bertz CT molecular complexity index is 529. The van der Waals surface area contributed by atoms with Crippen LogP contribution in [0.25, 0.3) is 10.8 Å². The topological polar surface area (TPSA) is 57.4 Å². The molecule has 0 aliphatic carbocycles. The van der Waals surface area contributed by atoms with Crippen molar-refractivity contribution < 1.29 is 9.47 Å². The molecule has 0 radical (unpaired) electrons. The highest BCUT2D eigenvalue weighted by atomic mass is 16.5. The quantitative estimate of drug-likeness (QED) is 0.777. The summed E-state index contributed by atoms with van der Waals surface area (Å²) in [6.45, 7) is 4.43. The molecule has 2 aromatic rings. The highest BCUT2D eigenvalue weighted by Gasteiger charge is 2.06. The lowest BCUT2D eigenvalue weighted by Crippen LogP contribution is -2.09. The van der Waals surface area contributed by atoms with Crippen molar-refractivity contribution in [3.05, 3.63) is 36.0 Å². The SMILES string of the molecule is CCCOCCOc1ncc(CN)c2ccccc12. The van der Waals surface area contributed by atoms with E-state index in [-0.39, 0.29) is 0 Å². The molecule has 1 aromatic heterocycles. The Kier molecular flexibility index (Phi) is 5.12. The van der Waals surface area contributed by atoms with Gasteiger partial charge in [-0.15, -0.1) is 0 Å². The molecule has 0 saturated carbocycles. The van der Waals surface area contributed by atoms with Crippen LogP contribution >= 0.6 is 0 Å². The van der Waals surface area contributed by atoms with Gasteiger partial charge in [0.2, 0.25) is 5.88 Å². The fourth-order valence-electron chi connectivity index (χ4n) is 1.95. The van der Waals surface area contributed by atoms with E-state index in [0.29, 0.717) is 25.6 Å². The lowest BCUT2D eigenvalue weighted by Gasteiger charge is -2.10. The van der Waals surface area contributed by atoms with Crippen molar-refractivity contribution in [2.45, 2.75) is 19.9 Å². The van der Waals surface area contributed by atoms with Gasteiger partial charge in [0.05, 0.1) is 6.61 Å². The molecule has 2 rings (SSSR count). The summed E-state index contributed by atoms with van der Waals surface area (Å²) < 4.78 is 11.1. The van der Waals surface area contributed by atoms with Gasteiger partial charge >= 0.3 is 0 Å². The minimum Gasteiger partial charge on any atom is -0.475 e. The Morgan fingerprint density at radius 1 is 1.11 bits per heavy atom. The lowest BCUT2D eigenvalue weighted by atomic mass is 10.1. The second-order valence-corrected chi connectivity index (χ2v) is 4.30. The highest BCUT2D eigenvalue weighted by Crippen LogP contribution is 2.25. The minimum atomic E-state index is 0.480. The first kappa shape index (κ1) is 13.8. The molecule has 0 amide bonds. The molecule has 1 heterocycles. The van der Waals surface area contributed by atoms with E-state index in [2.05, 4.69) is 11.9 Å². The monoisotopic (exact) mass is 260 g/mol. The minimum absolute atomic E-state index is 0.480. The van der Waals surface area contributed by atoms with E-state index in [4.69, 9.17) is 15.2 Å². The first-order chi connectivity index (χ1) is 9.36. The largest absolute Gasteiger partial charge is 0.475 e. The molecule has 0 fully saturated rings. The van der Waals surface area contributed by atoms with E-state index in [1.54, 1.807) is 6.20 Å². The first-order valence-electron chi connectivity index (χ1n) is 6.64. The zero-order chi connectivity index (χ0) is 13.5. The van der Waals surface area contributed by atoms with Crippen molar-refractivity contribution in [2.75, 3.05) is 19.8 Å². The van der Waals surface area contributed by atoms with Crippen LogP contribution in [0.3, 0.4) is 0 Å². The summed E-state index contributed by atoms with van der Waals surface area (Å²) in [5, 5.41) is 2.10. The summed E-state index contributed by atoms with van der Waals surface area (Å²) in [4.78, 5) is 4.34. The van der Waals surface area contributed by atoms with Gasteiger partial charge in [-0.25, -0.2) is 4.98 Å². The molecule has 0 bridgehead atoms. The number of hydrogen-bond acceptors (Lipinski definition) is 4. The van der Waals surface area contributed by atoms with Crippen LogP contribution in [0.2, 0.25) is 0 Å². The van der Waals surface area contributed by atoms with Crippen molar-refractivity contribution in [1.29, 1.82) is 0 Å². The molecular formula is C15H20N2O2. The smallest absolute Gasteiger partial charge is 0.221 e. The maximum Gasteiger partial charge on any atom is 0.221 e. The number of hydrogen-bond donors (Lipinski definition) is 1. The van der Waals surface area contributed by atoms with Crippen LogP contribution < -0.4 is 10.5 Å². The highest BCUT2D eigenvalue weighted by molar-refractivity contribution is 5.89. The summed E-state index contributed by atoms with van der Waals surface area (Å²) in [6, 6.07) is 8.02. The van der Waals surface area contributed by atoms with E-state index in [1.807, 2.05) is 24.3 Å². The summed E-state index contributed by atoms with van der Waals surface area (Å²) in [6.07, 6.45) is 2.80. The molecule has 1 aromatic carbocycles. The molecule has 102 valence electrons. The molecule has 0 unspecified atom stereocenters. The van der Waals surface area contributed by atoms with Crippen molar-refractivity contribution in [2.24, 2.45) is 5.73 Å². The zero-order valence-electron chi connectivity index (χ0n) is 11.3. The van der Waals surface area contributed by atoms with Crippen LogP contribution in [0, 0.1) is 0 Å². The van der Waals surface area contributed by atoms with Gasteiger partial charge in [0, 0.05) is 24.7 Å². The molecule has 0 aliphatic rings. The standard InChI is InChI=1S/C15H20N2O2/c1-2-7-18-8-9-19-15-14-6-4-3-5-13(14)12(10-16)11-17-15/h3-6,11H,2,7-10,16H2,1H3. The third-order valence-electron chi connectivity index (χ3n) is 2.88. The third-order valence-corrected chi connectivity index (χ3v) is 2.88. The second kappa shape index (κ2) is 7.07. The number of fused-ring (bicyclic) bond motifs is 1. The average Bonchev–Trinajstić information content (AvgIpc) is 2.47. The van der Waals surface area contributed by atoms with Crippen molar-refractivity contribution in [3.63, 3.8) is 0 Å². The fourth-order valence-corrected chi connectivity index (χ4v) is 1.95. The fraction of sp³-hybridized carbons (Fsp3) is 0.400. The van der Waals surface area contributed by atoms with Crippen LogP contribution in [-0.4, -0.2) is 24.8 Å². The maximum atomic E-state index is 5.72. The van der Waals surface area contributed by atoms with Gasteiger partial charge in [-0.05, 0) is 23.4 Å². The summed E-state index contributed by atoms with van der Waals surface area (Å²) in [5.74, 6) is 0.646. The molecule has 19 heavy (non-hydrogen) atoms. The van der Waals surface area contributed by atoms with Gasteiger partial charge in [0.1, 0.15) is 6.61 Å². The van der Waals surface area contributed by atoms with Crippen LogP contribution in [0.5, 0.6) is 5.88 Å². The van der Waals surface area contributed by atoms with Gasteiger partial charge in [-0.2, -0.15) is 0 Å². The predicted octanol–water partition coefficient (Wildman–Crippen LogP) is 2.50. The molecule has 0 atom stereocenters. The Morgan fingerprint density at radius 2 is 1.89 bits per heavy atom. The van der Waals surface area contributed by atoms with Gasteiger partial charge in [0.25, 0.3) is 0 Å². The third kappa shape index (κ3) is 3.43. The number of benzene rings is 1. The Morgan fingerprint density at radius 3 is 2.63 bits per heavy atom. The summed E-state index contributed by atoms with van der Waals surface area (Å²) in [7, 11) is 0. The Hall–Kier alpha value is -1.65. The van der Waals surface area contributed by atoms with Crippen LogP contribution in [0.1, 0.15) is 18.9 Å². The summed E-state index contributed by atoms with van der Waals surface area (Å²) >= 11 is 0. The Balaban J connectivity index is 2.11. The first-order valence-corrected chi connectivity index (χ1v) is 6.64. The van der Waals surface area contributed by atoms with Crippen molar-refractivity contribution in [1.82, 2.24) is 4.98 Å². The van der Waals surface area contributed by atoms with Crippen LogP contribution in [0.15, 0.2) is 30.5 Å². The van der Waals surface area contributed by atoms with E-state index in [0.717, 1.165) is 29.4 Å².